The first-order valence-corrected chi connectivity index (χ1v) is 8.24. The largest absolute Gasteiger partial charge is 0.444 e. The maximum absolute atomic E-state index is 12.2. The molecule has 0 spiro atoms. The molecule has 0 aliphatic carbocycles. The highest BCUT2D eigenvalue weighted by atomic mass is 16.6. The molecule has 0 bridgehead atoms. The van der Waals surface area contributed by atoms with Crippen molar-refractivity contribution in [1.29, 1.82) is 0 Å². The molecule has 1 aliphatic heterocycles. The molecule has 1 N–H and O–H groups in total. The van der Waals surface area contributed by atoms with Gasteiger partial charge in [-0.25, -0.2) is 4.79 Å². The molecule has 0 aromatic heterocycles. The third-order valence-electron chi connectivity index (χ3n) is 4.01. The van der Waals surface area contributed by atoms with Gasteiger partial charge in [-0.15, -0.1) is 0 Å². The van der Waals surface area contributed by atoms with Gasteiger partial charge >= 0.3 is 6.09 Å². The number of carbonyl (C=O) groups excluding carboxylic acids is 1. The summed E-state index contributed by atoms with van der Waals surface area (Å²) in [4.78, 5) is 16.0. The predicted octanol–water partition coefficient (Wildman–Crippen LogP) is 2.49. The van der Waals surface area contributed by atoms with Crippen molar-refractivity contribution >= 4 is 6.09 Å². The molecule has 23 heavy (non-hydrogen) atoms. The van der Waals surface area contributed by atoms with Crippen LogP contribution >= 0.6 is 0 Å². The van der Waals surface area contributed by atoms with Crippen LogP contribution in [0.1, 0.15) is 33.3 Å². The van der Waals surface area contributed by atoms with Crippen molar-refractivity contribution in [3.05, 3.63) is 35.9 Å². The quantitative estimate of drug-likeness (QED) is 0.926. The van der Waals surface area contributed by atoms with Crippen molar-refractivity contribution in [2.24, 2.45) is 0 Å². The van der Waals surface area contributed by atoms with E-state index in [2.05, 4.69) is 24.0 Å². The van der Waals surface area contributed by atoms with E-state index in [1.807, 2.05) is 39.0 Å². The van der Waals surface area contributed by atoms with Gasteiger partial charge in [0.05, 0.1) is 18.7 Å². The number of β-amino-alcohol motifs (C(OH)–C–C–N with tert-alkyl or cyclic N) is 1. The standard InChI is InChI=1S/C18H28N2O3/c1-5-19(11-14-9-7-6-8-10-14)15-12-20(13-16(15)21)17(22)23-18(2,3)4/h6-10,15-16,21H,5,11-13H2,1-4H3/t15-,16-/m0/s1. The van der Waals surface area contributed by atoms with E-state index in [0.29, 0.717) is 13.1 Å². The number of nitrogens with zero attached hydrogens (tertiary/aromatic N) is 2. The van der Waals surface area contributed by atoms with Crippen LogP contribution in [0.2, 0.25) is 0 Å². The number of aliphatic hydroxyl groups is 1. The van der Waals surface area contributed by atoms with Gasteiger partial charge in [-0.1, -0.05) is 37.3 Å². The highest BCUT2D eigenvalue weighted by Crippen LogP contribution is 2.21. The minimum atomic E-state index is -0.550. The summed E-state index contributed by atoms with van der Waals surface area (Å²) in [6, 6.07) is 10.1. The monoisotopic (exact) mass is 320 g/mol. The number of aliphatic hydroxyl groups excluding tert-OH is 1. The molecular formula is C18H28N2O3. The summed E-state index contributed by atoms with van der Waals surface area (Å²) in [5.74, 6) is 0. The minimum absolute atomic E-state index is 0.0623. The zero-order valence-corrected chi connectivity index (χ0v) is 14.5. The summed E-state index contributed by atoms with van der Waals surface area (Å²) in [5.41, 5.74) is 0.687. The molecule has 1 amide bonds. The molecule has 2 atom stereocenters. The number of likely N-dealkylation sites (tertiary alicyclic amines) is 1. The fraction of sp³-hybridized carbons (Fsp3) is 0.611. The second-order valence-corrected chi connectivity index (χ2v) is 7.07. The van der Waals surface area contributed by atoms with E-state index < -0.39 is 11.7 Å². The number of hydrogen-bond acceptors (Lipinski definition) is 4. The van der Waals surface area contributed by atoms with Crippen LogP contribution in [0.15, 0.2) is 30.3 Å². The molecular weight excluding hydrogens is 292 g/mol. The van der Waals surface area contributed by atoms with E-state index in [1.165, 1.54) is 5.56 Å². The summed E-state index contributed by atoms with van der Waals surface area (Å²) in [6.45, 7) is 10.0. The van der Waals surface area contributed by atoms with Gasteiger partial charge < -0.3 is 14.7 Å². The summed E-state index contributed by atoms with van der Waals surface area (Å²) < 4.78 is 5.41. The molecule has 0 radical (unpaired) electrons. The van der Waals surface area contributed by atoms with E-state index in [4.69, 9.17) is 4.74 Å². The van der Waals surface area contributed by atoms with Crippen LogP contribution in [0.4, 0.5) is 4.79 Å². The maximum Gasteiger partial charge on any atom is 0.410 e. The number of amides is 1. The van der Waals surface area contributed by atoms with Crippen LogP contribution in [0.5, 0.6) is 0 Å². The topological polar surface area (TPSA) is 53.0 Å². The van der Waals surface area contributed by atoms with E-state index in [-0.39, 0.29) is 12.1 Å². The Hall–Kier alpha value is -1.59. The lowest BCUT2D eigenvalue weighted by atomic mass is 10.1. The minimum Gasteiger partial charge on any atom is -0.444 e. The van der Waals surface area contributed by atoms with Crippen LogP contribution < -0.4 is 0 Å². The van der Waals surface area contributed by atoms with Crippen molar-refractivity contribution in [3.63, 3.8) is 0 Å². The second-order valence-electron chi connectivity index (χ2n) is 7.07. The third kappa shape index (κ3) is 4.94. The maximum atomic E-state index is 12.2. The fourth-order valence-corrected chi connectivity index (χ4v) is 2.89. The van der Waals surface area contributed by atoms with E-state index in [9.17, 15) is 9.90 Å². The summed E-state index contributed by atoms with van der Waals surface area (Å²) in [6.07, 6.45) is -0.902. The van der Waals surface area contributed by atoms with Gasteiger partial charge in [0.1, 0.15) is 5.60 Å². The van der Waals surface area contributed by atoms with E-state index in [1.54, 1.807) is 4.90 Å². The van der Waals surface area contributed by atoms with Gasteiger partial charge in [0, 0.05) is 13.1 Å². The van der Waals surface area contributed by atoms with Crippen molar-refractivity contribution in [2.75, 3.05) is 19.6 Å². The Bertz CT molecular complexity index is 513. The van der Waals surface area contributed by atoms with Crippen molar-refractivity contribution in [2.45, 2.75) is 52.0 Å². The van der Waals surface area contributed by atoms with Crippen molar-refractivity contribution in [3.8, 4) is 0 Å². The number of ether oxygens (including phenoxy) is 1. The van der Waals surface area contributed by atoms with Gasteiger partial charge in [-0.05, 0) is 32.9 Å². The van der Waals surface area contributed by atoms with Crippen LogP contribution in [0, 0.1) is 0 Å². The number of rotatable bonds is 4. The highest BCUT2D eigenvalue weighted by molar-refractivity contribution is 5.68. The summed E-state index contributed by atoms with van der Waals surface area (Å²) >= 11 is 0. The zero-order valence-electron chi connectivity index (χ0n) is 14.5. The molecule has 0 saturated carbocycles. The molecule has 2 rings (SSSR count). The van der Waals surface area contributed by atoms with Gasteiger partial charge in [0.2, 0.25) is 0 Å². The molecule has 5 nitrogen and oxygen atoms in total. The molecule has 0 unspecified atom stereocenters. The molecule has 1 aromatic rings. The van der Waals surface area contributed by atoms with Gasteiger partial charge in [0.15, 0.2) is 0 Å². The van der Waals surface area contributed by atoms with Crippen molar-refractivity contribution in [1.82, 2.24) is 9.80 Å². The lowest BCUT2D eigenvalue weighted by molar-refractivity contribution is 0.0269. The lowest BCUT2D eigenvalue weighted by Gasteiger charge is -2.29. The molecule has 1 aromatic carbocycles. The fourth-order valence-electron chi connectivity index (χ4n) is 2.89. The van der Waals surface area contributed by atoms with Crippen LogP contribution in [-0.2, 0) is 11.3 Å². The van der Waals surface area contributed by atoms with Crippen molar-refractivity contribution < 1.29 is 14.6 Å². The molecule has 5 heteroatoms. The first-order chi connectivity index (χ1) is 10.8. The number of likely N-dealkylation sites (N-methyl/N-ethyl adjacent to an activating group) is 1. The lowest BCUT2D eigenvalue weighted by Crippen LogP contribution is -2.43. The van der Waals surface area contributed by atoms with Crippen LogP contribution in [-0.4, -0.2) is 58.4 Å². The zero-order chi connectivity index (χ0) is 17.0. The molecule has 1 saturated heterocycles. The SMILES string of the molecule is CCN(Cc1ccccc1)[C@H]1CN(C(=O)OC(C)(C)C)C[C@@H]1O. The van der Waals surface area contributed by atoms with E-state index >= 15 is 0 Å². The Balaban J connectivity index is 2.00. The first kappa shape index (κ1) is 17.8. The molecule has 1 fully saturated rings. The second kappa shape index (κ2) is 7.32. The molecule has 1 aliphatic rings. The molecule has 1 heterocycles. The average Bonchev–Trinajstić information content (AvgIpc) is 2.86. The third-order valence-corrected chi connectivity index (χ3v) is 4.01. The normalized spacial score (nSPS) is 21.7. The Labute approximate surface area is 138 Å². The van der Waals surface area contributed by atoms with E-state index in [0.717, 1.165) is 13.1 Å². The van der Waals surface area contributed by atoms with Gasteiger partial charge in [0.25, 0.3) is 0 Å². The Kier molecular flexibility index (Phi) is 5.65. The smallest absolute Gasteiger partial charge is 0.410 e. The number of carbonyl (C=O) groups is 1. The Morgan fingerprint density at radius 1 is 1.30 bits per heavy atom. The Morgan fingerprint density at radius 2 is 1.96 bits per heavy atom. The predicted molar refractivity (Wildman–Crippen MR) is 90.1 cm³/mol. The Morgan fingerprint density at radius 3 is 2.52 bits per heavy atom. The summed E-state index contributed by atoms with van der Waals surface area (Å²) in [5, 5.41) is 10.4. The van der Waals surface area contributed by atoms with Gasteiger partial charge in [-0.3, -0.25) is 4.90 Å². The average molecular weight is 320 g/mol. The van der Waals surface area contributed by atoms with Crippen LogP contribution in [0.25, 0.3) is 0 Å². The van der Waals surface area contributed by atoms with Crippen LogP contribution in [0.3, 0.4) is 0 Å². The number of hydrogen-bond donors (Lipinski definition) is 1. The first-order valence-electron chi connectivity index (χ1n) is 8.24. The number of benzene rings is 1. The highest BCUT2D eigenvalue weighted by Gasteiger charge is 2.38. The molecule has 128 valence electrons. The van der Waals surface area contributed by atoms with Gasteiger partial charge in [-0.2, -0.15) is 0 Å². The summed E-state index contributed by atoms with van der Waals surface area (Å²) in [7, 11) is 0.